The van der Waals surface area contributed by atoms with Crippen LogP contribution in [0.15, 0.2) is 11.3 Å². The van der Waals surface area contributed by atoms with Gasteiger partial charge in [-0.25, -0.2) is 0 Å². The van der Waals surface area contributed by atoms with Crippen molar-refractivity contribution in [3.8, 4) is 0 Å². The lowest BCUT2D eigenvalue weighted by Crippen LogP contribution is -2.14. The van der Waals surface area contributed by atoms with Crippen molar-refractivity contribution in [3.63, 3.8) is 0 Å². The Balaban J connectivity index is 0.000000671. The minimum Gasteiger partial charge on any atom is -0.402 e. The molecular formula is C9H16N2O2. The van der Waals surface area contributed by atoms with Gasteiger partial charge < -0.3 is 10.8 Å². The summed E-state index contributed by atoms with van der Waals surface area (Å²) in [6.07, 6.45) is 4.33. The lowest BCUT2D eigenvalue weighted by atomic mass is 9.94. The molecule has 4 nitrogen and oxygen atoms in total. The highest BCUT2D eigenvalue weighted by Gasteiger charge is 2.12. The largest absolute Gasteiger partial charge is 0.402 e. The van der Waals surface area contributed by atoms with E-state index < -0.39 is 0 Å². The molecule has 0 saturated carbocycles. The third-order valence-corrected chi connectivity index (χ3v) is 1.95. The van der Waals surface area contributed by atoms with E-state index in [-0.39, 0.29) is 5.71 Å². The van der Waals surface area contributed by atoms with Crippen molar-refractivity contribution in [3.05, 3.63) is 11.3 Å². The van der Waals surface area contributed by atoms with E-state index in [9.17, 15) is 4.79 Å². The van der Waals surface area contributed by atoms with Crippen LogP contribution in [-0.4, -0.2) is 24.2 Å². The van der Waals surface area contributed by atoms with E-state index in [0.717, 1.165) is 44.1 Å². The van der Waals surface area contributed by atoms with Gasteiger partial charge in [0.25, 0.3) is 0 Å². The minimum absolute atomic E-state index is 0.0576. The Morgan fingerprint density at radius 3 is 2.46 bits per heavy atom. The molecule has 0 aromatic rings. The Morgan fingerprint density at radius 1 is 1.46 bits per heavy atom. The second kappa shape index (κ2) is 6.37. The molecule has 0 aromatic heterocycles. The number of nitrogens with one attached hydrogen (secondary N) is 1. The number of allylic oxidation sites excluding steroid dienone is 2. The first-order chi connectivity index (χ1) is 6.25. The van der Waals surface area contributed by atoms with Crippen LogP contribution in [0.2, 0.25) is 0 Å². The molecule has 1 rings (SSSR count). The van der Waals surface area contributed by atoms with E-state index >= 15 is 0 Å². The summed E-state index contributed by atoms with van der Waals surface area (Å²) >= 11 is 0. The fourth-order valence-corrected chi connectivity index (χ4v) is 1.31. The lowest BCUT2D eigenvalue weighted by Gasteiger charge is -2.15. The maximum Gasteiger partial charge on any atom is 0.168 e. The molecule has 0 atom stereocenters. The number of aldehydes is 1. The molecule has 4 N–H and O–H groups in total. The zero-order valence-electron chi connectivity index (χ0n) is 7.84. The van der Waals surface area contributed by atoms with Gasteiger partial charge in [0.05, 0.1) is 5.71 Å². The summed E-state index contributed by atoms with van der Waals surface area (Å²) in [5.74, 6) is 0. The molecule has 0 spiro atoms. The number of nitrogens with two attached hydrogens (primary N) is 1. The Bertz CT molecular complexity index is 222. The summed E-state index contributed by atoms with van der Waals surface area (Å²) in [7, 11) is 1.00. The summed E-state index contributed by atoms with van der Waals surface area (Å²) in [4.78, 5) is 10.2. The van der Waals surface area contributed by atoms with Crippen LogP contribution in [0.3, 0.4) is 0 Å². The van der Waals surface area contributed by atoms with Crippen LogP contribution in [0.25, 0.3) is 0 Å². The van der Waals surface area contributed by atoms with Crippen molar-refractivity contribution in [1.82, 2.24) is 0 Å². The number of rotatable bonds is 2. The van der Waals surface area contributed by atoms with Gasteiger partial charge in [0, 0.05) is 12.8 Å². The van der Waals surface area contributed by atoms with Gasteiger partial charge in [-0.05, 0) is 31.3 Å². The molecular weight excluding hydrogens is 168 g/mol. The first kappa shape index (κ1) is 11.8. The van der Waals surface area contributed by atoms with Crippen molar-refractivity contribution >= 4 is 12.0 Å². The molecule has 13 heavy (non-hydrogen) atoms. The van der Waals surface area contributed by atoms with Gasteiger partial charge in [0.15, 0.2) is 6.29 Å². The number of hydrogen-bond donors (Lipinski definition) is 3. The topological polar surface area (TPSA) is 87.2 Å². The van der Waals surface area contributed by atoms with Gasteiger partial charge in [0.2, 0.25) is 0 Å². The summed E-state index contributed by atoms with van der Waals surface area (Å²) in [6, 6.07) is 0. The maximum absolute atomic E-state index is 10.2. The molecule has 0 heterocycles. The van der Waals surface area contributed by atoms with Gasteiger partial charge in [-0.2, -0.15) is 0 Å². The van der Waals surface area contributed by atoms with Crippen LogP contribution in [0.5, 0.6) is 0 Å². The predicted octanol–water partition coefficient (Wildman–Crippen LogP) is 0.600. The summed E-state index contributed by atoms with van der Waals surface area (Å²) < 4.78 is 0. The molecule has 74 valence electrons. The molecule has 0 amide bonds. The Kier molecular flexibility index (Phi) is 5.80. The highest BCUT2D eigenvalue weighted by atomic mass is 16.2. The van der Waals surface area contributed by atoms with E-state index in [1.54, 1.807) is 0 Å². The number of aliphatic hydroxyl groups excluding tert-OH is 1. The fraction of sp³-hybridized carbons (Fsp3) is 0.556. The first-order valence-electron chi connectivity index (χ1n) is 4.22. The Hall–Kier alpha value is -1.16. The molecule has 0 aromatic carbocycles. The standard InChI is InChI=1S/C8H12N2O.CH4O/c9-7-4-2-1-3-6(7)8(10)5-11;1-2/h5,10H,1-4,9H2;2H,1H3. The van der Waals surface area contributed by atoms with E-state index in [2.05, 4.69) is 0 Å². The average Bonchev–Trinajstić information content (AvgIpc) is 2.20. The van der Waals surface area contributed by atoms with Crippen molar-refractivity contribution in [2.45, 2.75) is 25.7 Å². The zero-order valence-corrected chi connectivity index (χ0v) is 7.84. The normalized spacial score (nSPS) is 15.8. The zero-order chi connectivity index (χ0) is 10.3. The summed E-state index contributed by atoms with van der Waals surface area (Å²) in [5, 5.41) is 14.3. The van der Waals surface area contributed by atoms with Crippen LogP contribution in [0.1, 0.15) is 25.7 Å². The summed E-state index contributed by atoms with van der Waals surface area (Å²) in [5.41, 5.74) is 7.18. The Labute approximate surface area is 78.0 Å². The van der Waals surface area contributed by atoms with Crippen molar-refractivity contribution in [1.29, 1.82) is 5.41 Å². The van der Waals surface area contributed by atoms with E-state index in [0.29, 0.717) is 6.29 Å². The maximum atomic E-state index is 10.2. The highest BCUT2D eigenvalue weighted by Crippen LogP contribution is 2.21. The molecule has 0 saturated heterocycles. The van der Waals surface area contributed by atoms with Gasteiger partial charge in [-0.15, -0.1) is 0 Å². The Morgan fingerprint density at radius 2 is 2.00 bits per heavy atom. The van der Waals surface area contributed by atoms with Crippen LogP contribution >= 0.6 is 0 Å². The van der Waals surface area contributed by atoms with Crippen LogP contribution in [-0.2, 0) is 4.79 Å². The highest BCUT2D eigenvalue weighted by molar-refractivity contribution is 6.34. The molecule has 0 aliphatic heterocycles. The number of aliphatic hydroxyl groups is 1. The SMILES string of the molecule is CO.N=C(C=O)C1=C(N)CCCC1. The lowest BCUT2D eigenvalue weighted by molar-refractivity contribution is -0.102. The molecule has 1 aliphatic rings. The predicted molar refractivity (Wildman–Crippen MR) is 51.6 cm³/mol. The molecule has 0 fully saturated rings. The first-order valence-corrected chi connectivity index (χ1v) is 4.22. The average molecular weight is 184 g/mol. The molecule has 0 unspecified atom stereocenters. The second-order valence-electron chi connectivity index (χ2n) is 2.74. The summed E-state index contributed by atoms with van der Waals surface area (Å²) in [6.45, 7) is 0. The molecule has 0 radical (unpaired) electrons. The molecule has 0 bridgehead atoms. The van der Waals surface area contributed by atoms with Crippen LogP contribution < -0.4 is 5.73 Å². The van der Waals surface area contributed by atoms with Gasteiger partial charge >= 0.3 is 0 Å². The quantitative estimate of drug-likeness (QED) is 0.434. The van der Waals surface area contributed by atoms with Crippen molar-refractivity contribution < 1.29 is 9.90 Å². The molecule has 4 heteroatoms. The number of carbonyl (C=O) groups is 1. The van der Waals surface area contributed by atoms with Gasteiger partial charge in [0.1, 0.15) is 0 Å². The molecule has 1 aliphatic carbocycles. The van der Waals surface area contributed by atoms with Gasteiger partial charge in [-0.3, -0.25) is 10.2 Å². The number of carbonyl (C=O) groups excluding carboxylic acids is 1. The van der Waals surface area contributed by atoms with Gasteiger partial charge in [-0.1, -0.05) is 0 Å². The van der Waals surface area contributed by atoms with E-state index in [1.165, 1.54) is 0 Å². The van der Waals surface area contributed by atoms with E-state index in [4.69, 9.17) is 16.2 Å². The van der Waals surface area contributed by atoms with Crippen molar-refractivity contribution in [2.75, 3.05) is 7.11 Å². The third-order valence-electron chi connectivity index (χ3n) is 1.95. The smallest absolute Gasteiger partial charge is 0.168 e. The minimum atomic E-state index is 0.0576. The van der Waals surface area contributed by atoms with Crippen LogP contribution in [0, 0.1) is 5.41 Å². The number of hydrogen-bond acceptors (Lipinski definition) is 4. The third kappa shape index (κ3) is 3.38. The fourth-order valence-electron chi connectivity index (χ4n) is 1.31. The monoisotopic (exact) mass is 184 g/mol. The van der Waals surface area contributed by atoms with Crippen LogP contribution in [0.4, 0.5) is 0 Å². The van der Waals surface area contributed by atoms with Crippen molar-refractivity contribution in [2.24, 2.45) is 5.73 Å². The van der Waals surface area contributed by atoms with E-state index in [1.807, 2.05) is 0 Å². The second-order valence-corrected chi connectivity index (χ2v) is 2.74.